The van der Waals surface area contributed by atoms with Crippen LogP contribution in [-0.2, 0) is 6.42 Å². The second-order valence-corrected chi connectivity index (χ2v) is 6.15. The zero-order valence-corrected chi connectivity index (χ0v) is 13.8. The van der Waals surface area contributed by atoms with Crippen LogP contribution in [0.2, 0.25) is 0 Å². The first-order chi connectivity index (χ1) is 12.8. The van der Waals surface area contributed by atoms with Gasteiger partial charge in [-0.25, -0.2) is 9.97 Å². The molecule has 0 fully saturated rings. The van der Waals surface area contributed by atoms with Gasteiger partial charge in [0.15, 0.2) is 11.4 Å². The fraction of sp³-hybridized carbons (Fsp3) is 0.0500. The molecule has 0 bridgehead atoms. The number of hydrogen-bond donors (Lipinski definition) is 2. The Bertz CT molecular complexity index is 1220. The van der Waals surface area contributed by atoms with Crippen LogP contribution in [0.5, 0.6) is 0 Å². The highest BCUT2D eigenvalue weighted by Crippen LogP contribution is 2.26. The molecule has 0 aliphatic carbocycles. The summed E-state index contributed by atoms with van der Waals surface area (Å²) >= 11 is 0. The zero-order valence-electron chi connectivity index (χ0n) is 13.8. The molecule has 2 aromatic carbocycles. The highest BCUT2D eigenvalue weighted by atomic mass is 16.3. The van der Waals surface area contributed by atoms with Gasteiger partial charge in [0.1, 0.15) is 17.0 Å². The lowest BCUT2D eigenvalue weighted by molar-refractivity contribution is 0.580. The molecular formula is C20H15N5O. The summed E-state index contributed by atoms with van der Waals surface area (Å²) < 4.78 is 5.46. The molecule has 26 heavy (non-hydrogen) atoms. The lowest BCUT2D eigenvalue weighted by Crippen LogP contribution is -1.97. The Morgan fingerprint density at radius 3 is 2.65 bits per heavy atom. The number of nitrogens with two attached hydrogens (primary N) is 1. The Hall–Kier alpha value is -3.67. The number of anilines is 1. The molecule has 3 heterocycles. The van der Waals surface area contributed by atoms with Crippen LogP contribution in [-0.4, -0.2) is 19.9 Å². The van der Waals surface area contributed by atoms with Crippen molar-refractivity contribution in [1.82, 2.24) is 19.9 Å². The molecule has 0 unspecified atom stereocenters. The molecule has 0 radical (unpaired) electrons. The number of benzene rings is 2. The van der Waals surface area contributed by atoms with E-state index in [1.54, 1.807) is 6.26 Å². The minimum atomic E-state index is 0.174. The third-order valence-electron chi connectivity index (χ3n) is 4.36. The first-order valence-corrected chi connectivity index (χ1v) is 8.30. The van der Waals surface area contributed by atoms with Gasteiger partial charge in [0.05, 0.1) is 6.26 Å². The molecule has 5 aromatic rings. The molecule has 3 aromatic heterocycles. The molecule has 0 atom stereocenters. The van der Waals surface area contributed by atoms with Gasteiger partial charge in [0, 0.05) is 6.42 Å². The standard InChI is InChI=1S/C20H15N5O/c21-20-24-17(15-6-3-9-26-15)18-19(25-20)23-16(22-18)11-12-7-8-13-4-1-2-5-14(13)10-12/h1-10H,11H2,(H3,21,22,23,24,25). The number of rotatable bonds is 3. The molecule has 6 heteroatoms. The Morgan fingerprint density at radius 1 is 0.923 bits per heavy atom. The van der Waals surface area contributed by atoms with Gasteiger partial charge in [-0.3, -0.25) is 0 Å². The normalized spacial score (nSPS) is 11.4. The Labute approximate surface area is 148 Å². The van der Waals surface area contributed by atoms with Crippen molar-refractivity contribution >= 4 is 27.9 Å². The van der Waals surface area contributed by atoms with Gasteiger partial charge >= 0.3 is 0 Å². The first kappa shape index (κ1) is 14.7. The van der Waals surface area contributed by atoms with Crippen molar-refractivity contribution in [1.29, 1.82) is 0 Å². The lowest BCUT2D eigenvalue weighted by Gasteiger charge is -2.02. The Balaban J connectivity index is 1.58. The summed E-state index contributed by atoms with van der Waals surface area (Å²) in [6.45, 7) is 0. The largest absolute Gasteiger partial charge is 0.463 e. The second-order valence-electron chi connectivity index (χ2n) is 6.15. The minimum Gasteiger partial charge on any atom is -0.463 e. The molecule has 0 amide bonds. The fourth-order valence-corrected chi connectivity index (χ4v) is 3.18. The third-order valence-corrected chi connectivity index (χ3v) is 4.36. The maximum absolute atomic E-state index is 5.84. The van der Waals surface area contributed by atoms with E-state index < -0.39 is 0 Å². The predicted molar refractivity (Wildman–Crippen MR) is 101 cm³/mol. The summed E-state index contributed by atoms with van der Waals surface area (Å²) in [6, 6.07) is 18.4. The molecule has 126 valence electrons. The average Bonchev–Trinajstić information content (AvgIpc) is 3.30. The third kappa shape index (κ3) is 2.48. The number of nitrogens with zero attached hydrogens (tertiary/aromatic N) is 3. The van der Waals surface area contributed by atoms with Crippen LogP contribution in [0.3, 0.4) is 0 Å². The molecule has 0 saturated heterocycles. The van der Waals surface area contributed by atoms with Gasteiger partial charge in [0.25, 0.3) is 0 Å². The highest BCUT2D eigenvalue weighted by molar-refractivity contribution is 5.86. The van der Waals surface area contributed by atoms with Gasteiger partial charge in [-0.1, -0.05) is 42.5 Å². The van der Waals surface area contributed by atoms with E-state index in [0.29, 0.717) is 23.5 Å². The van der Waals surface area contributed by atoms with E-state index in [-0.39, 0.29) is 5.95 Å². The topological polar surface area (TPSA) is 93.6 Å². The number of fused-ring (bicyclic) bond motifs is 2. The number of hydrogen-bond acceptors (Lipinski definition) is 5. The van der Waals surface area contributed by atoms with E-state index in [4.69, 9.17) is 10.2 Å². The van der Waals surface area contributed by atoms with Crippen molar-refractivity contribution in [2.45, 2.75) is 6.42 Å². The van der Waals surface area contributed by atoms with Crippen molar-refractivity contribution < 1.29 is 4.42 Å². The van der Waals surface area contributed by atoms with E-state index in [0.717, 1.165) is 11.3 Å². The van der Waals surface area contributed by atoms with E-state index in [1.165, 1.54) is 16.3 Å². The summed E-state index contributed by atoms with van der Waals surface area (Å²) in [7, 11) is 0. The molecule has 3 N–H and O–H groups in total. The SMILES string of the molecule is Nc1nc(-c2ccco2)c2[nH]c(Cc3ccc4ccccc4c3)nc2n1. The number of nitrogens with one attached hydrogen (secondary N) is 1. The number of imidazole rings is 1. The van der Waals surface area contributed by atoms with Crippen LogP contribution in [0.25, 0.3) is 33.4 Å². The quantitative estimate of drug-likeness (QED) is 0.518. The van der Waals surface area contributed by atoms with Crippen molar-refractivity contribution in [3.8, 4) is 11.5 Å². The Kier molecular flexibility index (Phi) is 3.21. The van der Waals surface area contributed by atoms with Crippen LogP contribution in [0, 0.1) is 0 Å². The van der Waals surface area contributed by atoms with Crippen LogP contribution in [0.1, 0.15) is 11.4 Å². The second kappa shape index (κ2) is 5.70. The number of aromatic nitrogens is 4. The van der Waals surface area contributed by atoms with Gasteiger partial charge in [-0.2, -0.15) is 4.98 Å². The average molecular weight is 341 g/mol. The molecule has 0 aliphatic rings. The summed E-state index contributed by atoms with van der Waals surface area (Å²) in [4.78, 5) is 16.5. The van der Waals surface area contributed by atoms with Gasteiger partial charge in [-0.05, 0) is 28.5 Å². The van der Waals surface area contributed by atoms with Gasteiger partial charge < -0.3 is 15.1 Å². The van der Waals surface area contributed by atoms with Crippen molar-refractivity contribution in [3.05, 3.63) is 72.2 Å². The van der Waals surface area contributed by atoms with Gasteiger partial charge in [-0.15, -0.1) is 0 Å². The highest BCUT2D eigenvalue weighted by Gasteiger charge is 2.15. The Morgan fingerprint density at radius 2 is 1.81 bits per heavy atom. The maximum Gasteiger partial charge on any atom is 0.222 e. The van der Waals surface area contributed by atoms with Crippen LogP contribution in [0.4, 0.5) is 5.95 Å². The number of H-pyrrole nitrogens is 1. The molecular weight excluding hydrogens is 326 g/mol. The molecule has 0 aliphatic heterocycles. The minimum absolute atomic E-state index is 0.174. The van der Waals surface area contributed by atoms with Crippen molar-refractivity contribution in [2.75, 3.05) is 5.73 Å². The predicted octanol–water partition coefficient (Wildman–Crippen LogP) is 3.94. The zero-order chi connectivity index (χ0) is 17.5. The summed E-state index contributed by atoms with van der Waals surface area (Å²) in [6.07, 6.45) is 2.27. The van der Waals surface area contributed by atoms with Crippen LogP contribution >= 0.6 is 0 Å². The smallest absolute Gasteiger partial charge is 0.222 e. The summed E-state index contributed by atoms with van der Waals surface area (Å²) in [5.41, 5.74) is 8.90. The van der Waals surface area contributed by atoms with Crippen molar-refractivity contribution in [3.63, 3.8) is 0 Å². The number of furan rings is 1. The summed E-state index contributed by atoms with van der Waals surface area (Å²) in [5.74, 6) is 1.61. The summed E-state index contributed by atoms with van der Waals surface area (Å²) in [5, 5.41) is 2.43. The van der Waals surface area contributed by atoms with E-state index in [1.807, 2.05) is 24.3 Å². The number of aromatic amines is 1. The van der Waals surface area contributed by atoms with E-state index in [9.17, 15) is 0 Å². The number of nitrogen functional groups attached to an aromatic ring is 1. The monoisotopic (exact) mass is 341 g/mol. The van der Waals surface area contributed by atoms with E-state index >= 15 is 0 Å². The molecule has 0 saturated carbocycles. The van der Waals surface area contributed by atoms with Crippen molar-refractivity contribution in [2.24, 2.45) is 0 Å². The molecule has 5 rings (SSSR count). The van der Waals surface area contributed by atoms with Gasteiger partial charge in [0.2, 0.25) is 5.95 Å². The van der Waals surface area contributed by atoms with Crippen LogP contribution < -0.4 is 5.73 Å². The maximum atomic E-state index is 5.84. The van der Waals surface area contributed by atoms with Crippen LogP contribution in [0.15, 0.2) is 65.3 Å². The lowest BCUT2D eigenvalue weighted by atomic mass is 10.1. The fourth-order valence-electron chi connectivity index (χ4n) is 3.18. The molecule has 6 nitrogen and oxygen atoms in total. The van der Waals surface area contributed by atoms with E-state index in [2.05, 4.69) is 50.3 Å². The molecule has 0 spiro atoms. The first-order valence-electron chi connectivity index (χ1n) is 8.30.